The van der Waals surface area contributed by atoms with Crippen LogP contribution in [-0.2, 0) is 10.0 Å². The van der Waals surface area contributed by atoms with E-state index < -0.39 is 10.0 Å². The number of rotatable bonds is 10. The topological polar surface area (TPSA) is 118 Å². The maximum Gasteiger partial charge on any atom is 0.240 e. The zero-order valence-electron chi connectivity index (χ0n) is 20.8. The van der Waals surface area contributed by atoms with E-state index in [1.54, 1.807) is 18.3 Å². The highest BCUT2D eigenvalue weighted by Crippen LogP contribution is 2.30. The number of hydrazone groups is 1. The molecule has 0 aliphatic rings. The second-order valence-corrected chi connectivity index (χ2v) is 9.80. The van der Waals surface area contributed by atoms with Crippen molar-refractivity contribution in [3.05, 3.63) is 90.6 Å². The first kappa shape index (κ1) is 25.8. The molecular weight excluding hydrogens is 488 g/mol. The minimum atomic E-state index is -3.51. The highest BCUT2D eigenvalue weighted by atomic mass is 32.2. The van der Waals surface area contributed by atoms with Crippen LogP contribution in [0, 0.1) is 0 Å². The number of ether oxygens (including phenoxy) is 1. The van der Waals surface area contributed by atoms with Gasteiger partial charge in [0.05, 0.1) is 22.9 Å². The van der Waals surface area contributed by atoms with Crippen molar-refractivity contribution in [2.24, 2.45) is 5.10 Å². The van der Waals surface area contributed by atoms with Crippen molar-refractivity contribution >= 4 is 33.2 Å². The van der Waals surface area contributed by atoms with E-state index in [4.69, 9.17) is 4.74 Å². The fraction of sp³-hybridized carbons (Fsp3) is 0.148. The molecule has 10 heteroatoms. The Labute approximate surface area is 216 Å². The fourth-order valence-corrected chi connectivity index (χ4v) is 4.25. The van der Waals surface area contributed by atoms with Gasteiger partial charge >= 0.3 is 0 Å². The largest absolute Gasteiger partial charge is 0.492 e. The number of sulfonamides is 1. The first-order valence-electron chi connectivity index (χ1n) is 11.7. The molecule has 0 atom stereocenters. The molecule has 190 valence electrons. The second-order valence-electron chi connectivity index (χ2n) is 7.92. The smallest absolute Gasteiger partial charge is 0.240 e. The Balaban J connectivity index is 1.65. The average molecular weight is 517 g/mol. The summed E-state index contributed by atoms with van der Waals surface area (Å²) in [7, 11) is -2.13. The summed E-state index contributed by atoms with van der Waals surface area (Å²) in [6, 6.07) is 23.9. The molecule has 3 aromatic carbocycles. The second kappa shape index (κ2) is 11.6. The van der Waals surface area contributed by atoms with E-state index in [0.29, 0.717) is 29.8 Å². The number of nitrogens with zero attached hydrogens (tertiary/aromatic N) is 3. The number of benzene rings is 3. The quantitative estimate of drug-likeness (QED) is 0.200. The van der Waals surface area contributed by atoms with Crippen LogP contribution in [0.3, 0.4) is 0 Å². The molecule has 0 bridgehead atoms. The number of hydrogen-bond donors (Lipinski definition) is 3. The third-order valence-corrected chi connectivity index (χ3v) is 6.92. The van der Waals surface area contributed by atoms with E-state index in [1.165, 1.54) is 19.2 Å². The molecule has 0 saturated heterocycles. The zero-order valence-corrected chi connectivity index (χ0v) is 21.6. The molecule has 0 radical (unpaired) electrons. The van der Waals surface area contributed by atoms with Crippen LogP contribution < -0.4 is 20.2 Å². The number of aromatic nitrogens is 2. The minimum absolute atomic E-state index is 0.185. The summed E-state index contributed by atoms with van der Waals surface area (Å²) < 4.78 is 32.0. The molecule has 1 heterocycles. The van der Waals surface area contributed by atoms with Crippen LogP contribution >= 0.6 is 0 Å². The third-order valence-electron chi connectivity index (χ3n) is 5.49. The van der Waals surface area contributed by atoms with Gasteiger partial charge in [0, 0.05) is 11.8 Å². The molecular formula is C27H28N6O3S. The van der Waals surface area contributed by atoms with E-state index in [1.807, 2.05) is 68.4 Å². The van der Waals surface area contributed by atoms with E-state index in [2.05, 4.69) is 30.5 Å². The predicted molar refractivity (Wildman–Crippen MR) is 147 cm³/mol. The van der Waals surface area contributed by atoms with Crippen LogP contribution in [0.2, 0.25) is 0 Å². The van der Waals surface area contributed by atoms with E-state index in [-0.39, 0.29) is 4.90 Å². The molecule has 1 aromatic heterocycles. The Morgan fingerprint density at radius 3 is 2.38 bits per heavy atom. The molecule has 3 N–H and O–H groups in total. The van der Waals surface area contributed by atoms with E-state index >= 15 is 0 Å². The van der Waals surface area contributed by atoms with Crippen molar-refractivity contribution in [3.8, 4) is 16.9 Å². The lowest BCUT2D eigenvalue weighted by Crippen LogP contribution is -2.18. The Morgan fingerprint density at radius 2 is 1.68 bits per heavy atom. The van der Waals surface area contributed by atoms with Gasteiger partial charge in [0.1, 0.15) is 5.75 Å². The molecule has 0 fully saturated rings. The van der Waals surface area contributed by atoms with Gasteiger partial charge in [-0.25, -0.2) is 18.1 Å². The molecule has 0 unspecified atom stereocenters. The maximum absolute atomic E-state index is 12.0. The normalized spacial score (nSPS) is 11.7. The van der Waals surface area contributed by atoms with Gasteiger partial charge in [0.15, 0.2) is 5.82 Å². The van der Waals surface area contributed by atoms with Crippen molar-refractivity contribution in [3.63, 3.8) is 0 Å². The monoisotopic (exact) mass is 516 g/mol. The van der Waals surface area contributed by atoms with Crippen molar-refractivity contribution in [1.29, 1.82) is 0 Å². The highest BCUT2D eigenvalue weighted by molar-refractivity contribution is 7.89. The molecule has 0 spiro atoms. The average Bonchev–Trinajstić information content (AvgIpc) is 2.93. The summed E-state index contributed by atoms with van der Waals surface area (Å²) in [5.41, 5.74) is 6.94. The lowest BCUT2D eigenvalue weighted by Gasteiger charge is -2.14. The molecule has 4 aromatic rings. The standard InChI is InChI=1S/C27H28N6O3S/c1-4-36-25-13-9-8-12-24(25)30-27-29-18-23(21-10-6-5-7-11-21)26(31-27)33-32-19(2)20-14-16-22(17-15-20)37(34,35)28-3/h5-18,28H,4H2,1-3H3,(H2,29,30,31,33). The Hall–Kier alpha value is -4.28. The van der Waals surface area contributed by atoms with Gasteiger partial charge in [-0.05, 0) is 56.3 Å². The predicted octanol–water partition coefficient (Wildman–Crippen LogP) is 5.03. The van der Waals surface area contributed by atoms with Crippen molar-refractivity contribution < 1.29 is 13.2 Å². The number of nitrogens with one attached hydrogen (secondary N) is 3. The summed E-state index contributed by atoms with van der Waals surface area (Å²) in [4.78, 5) is 9.38. The summed E-state index contributed by atoms with van der Waals surface area (Å²) in [5.74, 6) is 1.59. The minimum Gasteiger partial charge on any atom is -0.492 e. The molecule has 9 nitrogen and oxygen atoms in total. The molecule has 0 aliphatic carbocycles. The van der Waals surface area contributed by atoms with Crippen LogP contribution in [-0.4, -0.2) is 37.8 Å². The Bertz CT molecular complexity index is 1490. The van der Waals surface area contributed by atoms with Crippen LogP contribution in [0.5, 0.6) is 5.75 Å². The van der Waals surface area contributed by atoms with Crippen molar-refractivity contribution in [2.45, 2.75) is 18.7 Å². The van der Waals surface area contributed by atoms with Crippen LogP contribution in [0.1, 0.15) is 19.4 Å². The molecule has 0 amide bonds. The van der Waals surface area contributed by atoms with E-state index in [0.717, 1.165) is 22.4 Å². The first-order chi connectivity index (χ1) is 17.9. The summed E-state index contributed by atoms with van der Waals surface area (Å²) in [6.45, 7) is 4.29. The lowest BCUT2D eigenvalue weighted by molar-refractivity contribution is 0.342. The van der Waals surface area contributed by atoms with Gasteiger partial charge in [-0.1, -0.05) is 54.6 Å². The Morgan fingerprint density at radius 1 is 0.973 bits per heavy atom. The van der Waals surface area contributed by atoms with Crippen LogP contribution in [0.25, 0.3) is 11.1 Å². The summed E-state index contributed by atoms with van der Waals surface area (Å²) in [5, 5.41) is 7.74. The number of anilines is 3. The number of para-hydroxylation sites is 2. The van der Waals surface area contributed by atoms with Gasteiger partial charge in [-0.15, -0.1) is 0 Å². The van der Waals surface area contributed by atoms with Crippen molar-refractivity contribution in [1.82, 2.24) is 14.7 Å². The van der Waals surface area contributed by atoms with Gasteiger partial charge in [0.2, 0.25) is 16.0 Å². The van der Waals surface area contributed by atoms with E-state index in [9.17, 15) is 8.42 Å². The molecule has 0 aliphatic heterocycles. The molecule has 0 saturated carbocycles. The lowest BCUT2D eigenvalue weighted by atomic mass is 10.1. The SMILES string of the molecule is CCOc1ccccc1Nc1ncc(-c2ccccc2)c(NN=C(C)c2ccc(S(=O)(=O)NC)cc2)n1. The van der Waals surface area contributed by atoms with Gasteiger partial charge < -0.3 is 10.1 Å². The summed E-state index contributed by atoms with van der Waals surface area (Å²) >= 11 is 0. The van der Waals surface area contributed by atoms with Crippen molar-refractivity contribution in [2.75, 3.05) is 24.4 Å². The zero-order chi connectivity index (χ0) is 26.3. The van der Waals surface area contributed by atoms with Gasteiger partial charge in [0.25, 0.3) is 0 Å². The summed E-state index contributed by atoms with van der Waals surface area (Å²) in [6.07, 6.45) is 1.73. The molecule has 4 rings (SSSR count). The Kier molecular flexibility index (Phi) is 8.11. The highest BCUT2D eigenvalue weighted by Gasteiger charge is 2.13. The third kappa shape index (κ3) is 6.29. The molecule has 37 heavy (non-hydrogen) atoms. The number of hydrogen-bond acceptors (Lipinski definition) is 8. The van der Waals surface area contributed by atoms with Crippen LogP contribution in [0.4, 0.5) is 17.5 Å². The first-order valence-corrected chi connectivity index (χ1v) is 13.1. The maximum atomic E-state index is 12.0. The fourth-order valence-electron chi connectivity index (χ4n) is 3.52. The van der Waals surface area contributed by atoms with Gasteiger partial charge in [-0.2, -0.15) is 10.1 Å². The van der Waals surface area contributed by atoms with Gasteiger partial charge in [-0.3, -0.25) is 5.43 Å². The van der Waals surface area contributed by atoms with Crippen LogP contribution in [0.15, 0.2) is 95.1 Å².